The molecule has 0 fully saturated rings. The Morgan fingerprint density at radius 3 is 2.89 bits per heavy atom. The Balaban J connectivity index is 2.16. The molecule has 0 atom stereocenters. The number of nitrogens with one attached hydrogen (secondary N) is 2. The average molecular weight is 261 g/mol. The van der Waals surface area contributed by atoms with E-state index < -0.39 is 5.54 Å². The summed E-state index contributed by atoms with van der Waals surface area (Å²) in [5.74, 6) is 0.138. The lowest BCUT2D eigenvalue weighted by Crippen LogP contribution is -2.49. The van der Waals surface area contributed by atoms with E-state index in [2.05, 4.69) is 10.3 Å². The lowest BCUT2D eigenvalue weighted by atomic mass is 10.0. The summed E-state index contributed by atoms with van der Waals surface area (Å²) in [7, 11) is 0. The van der Waals surface area contributed by atoms with Gasteiger partial charge in [0.2, 0.25) is 5.91 Å². The molecule has 0 saturated heterocycles. The van der Waals surface area contributed by atoms with Gasteiger partial charge in [-0.1, -0.05) is 0 Å². The predicted octanol–water partition coefficient (Wildman–Crippen LogP) is 1.27. The highest BCUT2D eigenvalue weighted by Gasteiger charge is 2.19. The number of rotatable bonds is 4. The lowest BCUT2D eigenvalue weighted by molar-refractivity contribution is -0.121. The van der Waals surface area contributed by atoms with Gasteiger partial charge in [-0.2, -0.15) is 0 Å². The maximum absolute atomic E-state index is 12.0. The third-order valence-electron chi connectivity index (χ3n) is 3.09. The second kappa shape index (κ2) is 4.93. The minimum atomic E-state index is -0.401. The Morgan fingerprint density at radius 1 is 1.47 bits per heavy atom. The molecule has 0 unspecified atom stereocenters. The molecule has 2 rings (SSSR count). The van der Waals surface area contributed by atoms with Crippen LogP contribution in [0.1, 0.15) is 19.4 Å². The van der Waals surface area contributed by atoms with E-state index in [4.69, 9.17) is 5.73 Å². The van der Waals surface area contributed by atoms with Gasteiger partial charge in [0.1, 0.15) is 5.75 Å². The standard InChI is InChI=1S/C14H19N3O2/c1-14(2,8-15)17-13(19)5-9-7-16-12-6-10(18)3-4-11(9)12/h3-4,6-7,16,18H,5,8,15H2,1-2H3,(H,17,19). The maximum atomic E-state index is 12.0. The molecule has 1 amide bonds. The van der Waals surface area contributed by atoms with Crippen LogP contribution in [0.2, 0.25) is 0 Å². The molecule has 5 N–H and O–H groups in total. The smallest absolute Gasteiger partial charge is 0.224 e. The van der Waals surface area contributed by atoms with Crippen LogP contribution in [0.3, 0.4) is 0 Å². The Morgan fingerprint density at radius 2 is 2.21 bits per heavy atom. The molecule has 0 bridgehead atoms. The number of carbonyl (C=O) groups is 1. The van der Waals surface area contributed by atoms with Gasteiger partial charge in [-0.3, -0.25) is 4.79 Å². The van der Waals surface area contributed by atoms with Crippen molar-refractivity contribution in [3.05, 3.63) is 30.0 Å². The van der Waals surface area contributed by atoms with E-state index >= 15 is 0 Å². The Labute approximate surface area is 111 Å². The van der Waals surface area contributed by atoms with E-state index in [1.165, 1.54) is 0 Å². The summed E-state index contributed by atoms with van der Waals surface area (Å²) in [6.45, 7) is 4.16. The Hall–Kier alpha value is -2.01. The van der Waals surface area contributed by atoms with Gasteiger partial charge in [0.25, 0.3) is 0 Å². The number of aromatic amines is 1. The Bertz CT molecular complexity index is 602. The highest BCUT2D eigenvalue weighted by atomic mass is 16.3. The molecule has 0 aliphatic carbocycles. The van der Waals surface area contributed by atoms with E-state index in [1.54, 1.807) is 24.4 Å². The normalized spacial score (nSPS) is 11.7. The van der Waals surface area contributed by atoms with Crippen LogP contribution in [0.4, 0.5) is 0 Å². The molecular formula is C14H19N3O2. The first-order chi connectivity index (χ1) is 8.91. The number of hydrogen-bond acceptors (Lipinski definition) is 3. The van der Waals surface area contributed by atoms with Gasteiger partial charge in [-0.15, -0.1) is 0 Å². The number of fused-ring (bicyclic) bond motifs is 1. The molecule has 102 valence electrons. The fraction of sp³-hybridized carbons (Fsp3) is 0.357. The molecule has 19 heavy (non-hydrogen) atoms. The number of nitrogens with two attached hydrogens (primary N) is 1. The molecule has 1 heterocycles. The zero-order chi connectivity index (χ0) is 14.0. The van der Waals surface area contributed by atoms with Crippen LogP contribution in [0.5, 0.6) is 5.75 Å². The molecule has 1 aromatic heterocycles. The van der Waals surface area contributed by atoms with Crippen molar-refractivity contribution in [3.63, 3.8) is 0 Å². The van der Waals surface area contributed by atoms with Gasteiger partial charge in [0.15, 0.2) is 0 Å². The Kier molecular flexibility index (Phi) is 3.48. The van der Waals surface area contributed by atoms with Crippen LogP contribution < -0.4 is 11.1 Å². The third kappa shape index (κ3) is 3.06. The third-order valence-corrected chi connectivity index (χ3v) is 3.09. The van der Waals surface area contributed by atoms with Crippen LogP contribution in [-0.4, -0.2) is 28.1 Å². The van der Waals surface area contributed by atoms with Crippen molar-refractivity contribution in [3.8, 4) is 5.75 Å². The topological polar surface area (TPSA) is 91.1 Å². The fourth-order valence-corrected chi connectivity index (χ4v) is 1.97. The summed E-state index contributed by atoms with van der Waals surface area (Å²) in [6.07, 6.45) is 2.08. The van der Waals surface area contributed by atoms with Gasteiger partial charge < -0.3 is 21.1 Å². The van der Waals surface area contributed by atoms with E-state index in [0.717, 1.165) is 16.5 Å². The maximum Gasteiger partial charge on any atom is 0.224 e. The van der Waals surface area contributed by atoms with E-state index in [0.29, 0.717) is 6.54 Å². The zero-order valence-electron chi connectivity index (χ0n) is 11.2. The van der Waals surface area contributed by atoms with Crippen LogP contribution >= 0.6 is 0 Å². The quantitative estimate of drug-likeness (QED) is 0.668. The first-order valence-electron chi connectivity index (χ1n) is 6.21. The number of amides is 1. The molecule has 0 spiro atoms. The first-order valence-corrected chi connectivity index (χ1v) is 6.21. The number of aromatic hydroxyl groups is 1. The molecule has 0 radical (unpaired) electrons. The van der Waals surface area contributed by atoms with Crippen molar-refractivity contribution in [1.82, 2.24) is 10.3 Å². The molecule has 0 aliphatic heterocycles. The van der Waals surface area contributed by atoms with E-state index in [9.17, 15) is 9.90 Å². The second-order valence-electron chi connectivity index (χ2n) is 5.36. The van der Waals surface area contributed by atoms with Crippen LogP contribution in [0, 0.1) is 0 Å². The van der Waals surface area contributed by atoms with Crippen molar-refractivity contribution >= 4 is 16.8 Å². The number of H-pyrrole nitrogens is 1. The number of hydrogen-bond donors (Lipinski definition) is 4. The number of carbonyl (C=O) groups excluding carboxylic acids is 1. The molecule has 0 aliphatic rings. The van der Waals surface area contributed by atoms with Crippen LogP contribution in [0.25, 0.3) is 10.9 Å². The molecule has 0 saturated carbocycles. The molecule has 2 aromatic rings. The monoisotopic (exact) mass is 261 g/mol. The van der Waals surface area contributed by atoms with Crippen molar-refractivity contribution in [1.29, 1.82) is 0 Å². The summed E-state index contributed by atoms with van der Waals surface area (Å²) in [5, 5.41) is 13.2. The van der Waals surface area contributed by atoms with Crippen molar-refractivity contribution in [2.24, 2.45) is 5.73 Å². The largest absolute Gasteiger partial charge is 0.508 e. The van der Waals surface area contributed by atoms with Crippen molar-refractivity contribution in [2.75, 3.05) is 6.54 Å². The van der Waals surface area contributed by atoms with Crippen LogP contribution in [-0.2, 0) is 11.2 Å². The van der Waals surface area contributed by atoms with Gasteiger partial charge in [-0.05, 0) is 31.5 Å². The second-order valence-corrected chi connectivity index (χ2v) is 5.36. The molecule has 5 nitrogen and oxygen atoms in total. The zero-order valence-corrected chi connectivity index (χ0v) is 11.2. The van der Waals surface area contributed by atoms with Gasteiger partial charge in [0.05, 0.1) is 6.42 Å². The van der Waals surface area contributed by atoms with Gasteiger partial charge in [-0.25, -0.2) is 0 Å². The minimum absolute atomic E-state index is 0.0653. The number of aromatic nitrogens is 1. The molecule has 1 aromatic carbocycles. The summed E-state index contributed by atoms with van der Waals surface area (Å²) >= 11 is 0. The summed E-state index contributed by atoms with van der Waals surface area (Å²) in [5.41, 5.74) is 6.91. The summed E-state index contributed by atoms with van der Waals surface area (Å²) in [6, 6.07) is 5.06. The highest BCUT2D eigenvalue weighted by molar-refractivity contribution is 5.89. The van der Waals surface area contributed by atoms with Crippen molar-refractivity contribution < 1.29 is 9.90 Å². The molecule has 5 heteroatoms. The van der Waals surface area contributed by atoms with Crippen LogP contribution in [0.15, 0.2) is 24.4 Å². The van der Waals surface area contributed by atoms with E-state index in [-0.39, 0.29) is 18.1 Å². The number of phenolic OH excluding ortho intramolecular Hbond substituents is 1. The molecular weight excluding hydrogens is 242 g/mol. The highest BCUT2D eigenvalue weighted by Crippen LogP contribution is 2.22. The predicted molar refractivity (Wildman–Crippen MR) is 74.9 cm³/mol. The summed E-state index contributed by atoms with van der Waals surface area (Å²) in [4.78, 5) is 15.0. The number of benzene rings is 1. The first kappa shape index (κ1) is 13.4. The van der Waals surface area contributed by atoms with Gasteiger partial charge in [0, 0.05) is 35.2 Å². The fourth-order valence-electron chi connectivity index (χ4n) is 1.97. The lowest BCUT2D eigenvalue weighted by Gasteiger charge is -2.24. The summed E-state index contributed by atoms with van der Waals surface area (Å²) < 4.78 is 0. The van der Waals surface area contributed by atoms with Gasteiger partial charge >= 0.3 is 0 Å². The minimum Gasteiger partial charge on any atom is -0.508 e. The van der Waals surface area contributed by atoms with Crippen molar-refractivity contribution in [2.45, 2.75) is 25.8 Å². The average Bonchev–Trinajstić information content (AvgIpc) is 2.71. The SMILES string of the molecule is CC(C)(CN)NC(=O)Cc1c[nH]c2cc(O)ccc12. The van der Waals surface area contributed by atoms with E-state index in [1.807, 2.05) is 13.8 Å². The number of phenols is 1.